The molecule has 25 heavy (non-hydrogen) atoms. The summed E-state index contributed by atoms with van der Waals surface area (Å²) < 4.78 is 0. The van der Waals surface area contributed by atoms with E-state index in [2.05, 4.69) is 39.4 Å². The molecular weight excluding hydrogens is 312 g/mol. The van der Waals surface area contributed by atoms with E-state index in [-0.39, 0.29) is 5.91 Å². The van der Waals surface area contributed by atoms with E-state index in [1.54, 1.807) is 6.20 Å². The van der Waals surface area contributed by atoms with Crippen molar-refractivity contribution in [3.63, 3.8) is 0 Å². The molecule has 5 heteroatoms. The average molecular weight is 334 g/mol. The van der Waals surface area contributed by atoms with Gasteiger partial charge in [-0.25, -0.2) is 5.43 Å². The molecule has 1 aromatic heterocycles. The molecule has 2 aromatic rings. The lowest BCUT2D eigenvalue weighted by Crippen LogP contribution is -2.30. The van der Waals surface area contributed by atoms with Crippen molar-refractivity contribution in [3.05, 3.63) is 89.4 Å². The molecule has 0 aliphatic heterocycles. The summed E-state index contributed by atoms with van der Waals surface area (Å²) in [6, 6.07) is 13.2. The quantitative estimate of drug-likeness (QED) is 0.681. The number of hydrazine groups is 1. The van der Waals surface area contributed by atoms with Crippen LogP contribution in [0, 0.1) is 0 Å². The van der Waals surface area contributed by atoms with E-state index >= 15 is 0 Å². The molecule has 0 spiro atoms. The number of allylic oxidation sites excluding steroid dienone is 3. The Morgan fingerprint density at radius 2 is 1.92 bits per heavy atom. The van der Waals surface area contributed by atoms with E-state index in [4.69, 9.17) is 0 Å². The Morgan fingerprint density at radius 3 is 2.64 bits per heavy atom. The molecule has 1 amide bonds. The van der Waals surface area contributed by atoms with Crippen LogP contribution in [0.4, 0.5) is 0 Å². The normalized spacial score (nSPS) is 13.2. The number of carbonyl (C=O) groups is 1. The van der Waals surface area contributed by atoms with Gasteiger partial charge >= 0.3 is 0 Å². The first-order chi connectivity index (χ1) is 12.3. The number of carbonyl (C=O) groups excluding carboxylic acids is 1. The zero-order valence-corrected chi connectivity index (χ0v) is 14.0. The fraction of sp³-hybridized carbons (Fsp3) is 0.200. The molecule has 3 rings (SSSR count). The second-order valence-electron chi connectivity index (χ2n) is 5.82. The van der Waals surface area contributed by atoms with Crippen molar-refractivity contribution in [3.8, 4) is 0 Å². The molecule has 0 unspecified atom stereocenters. The number of pyridine rings is 1. The van der Waals surface area contributed by atoms with E-state index in [1.165, 1.54) is 0 Å². The zero-order chi connectivity index (χ0) is 17.3. The maximum absolute atomic E-state index is 12.2. The highest BCUT2D eigenvalue weighted by Gasteiger charge is 2.05. The van der Waals surface area contributed by atoms with Crippen LogP contribution in [0.5, 0.6) is 0 Å². The van der Waals surface area contributed by atoms with Gasteiger partial charge in [-0.05, 0) is 48.7 Å². The van der Waals surface area contributed by atoms with Crippen molar-refractivity contribution in [2.45, 2.75) is 25.9 Å². The van der Waals surface area contributed by atoms with E-state index in [9.17, 15) is 4.79 Å². The fourth-order valence-corrected chi connectivity index (χ4v) is 2.50. The number of rotatable bonds is 7. The summed E-state index contributed by atoms with van der Waals surface area (Å²) in [5.74, 6) is -0.0965. The third-order valence-electron chi connectivity index (χ3n) is 3.89. The lowest BCUT2D eigenvalue weighted by Gasteiger charge is -2.12. The third-order valence-corrected chi connectivity index (χ3v) is 3.89. The van der Waals surface area contributed by atoms with Crippen LogP contribution >= 0.6 is 0 Å². The van der Waals surface area contributed by atoms with Crippen LogP contribution in [0.3, 0.4) is 0 Å². The monoisotopic (exact) mass is 334 g/mol. The van der Waals surface area contributed by atoms with Gasteiger partial charge in [-0.1, -0.05) is 30.4 Å². The van der Waals surface area contributed by atoms with Gasteiger partial charge in [-0.3, -0.25) is 9.78 Å². The van der Waals surface area contributed by atoms with E-state index < -0.39 is 0 Å². The summed E-state index contributed by atoms with van der Waals surface area (Å²) in [5.41, 5.74) is 10.1. The lowest BCUT2D eigenvalue weighted by molar-refractivity contribution is 0.0950. The Morgan fingerprint density at radius 1 is 1.04 bits per heavy atom. The van der Waals surface area contributed by atoms with Crippen molar-refractivity contribution in [2.24, 2.45) is 0 Å². The summed E-state index contributed by atoms with van der Waals surface area (Å²) in [6.45, 7) is 1.11. The topological polar surface area (TPSA) is 66.0 Å². The maximum atomic E-state index is 12.2. The number of amides is 1. The molecule has 0 radical (unpaired) electrons. The molecule has 1 aliphatic carbocycles. The molecule has 5 nitrogen and oxygen atoms in total. The highest BCUT2D eigenvalue weighted by molar-refractivity contribution is 5.94. The Labute approximate surface area is 147 Å². The fourth-order valence-electron chi connectivity index (χ4n) is 2.50. The highest BCUT2D eigenvalue weighted by atomic mass is 16.1. The first-order valence-corrected chi connectivity index (χ1v) is 8.44. The molecular formula is C20H22N4O. The predicted molar refractivity (Wildman–Crippen MR) is 98.3 cm³/mol. The van der Waals surface area contributed by atoms with Gasteiger partial charge < -0.3 is 10.7 Å². The largest absolute Gasteiger partial charge is 0.346 e. The van der Waals surface area contributed by atoms with Crippen molar-refractivity contribution in [1.29, 1.82) is 0 Å². The van der Waals surface area contributed by atoms with Crippen molar-refractivity contribution in [2.75, 3.05) is 0 Å². The molecule has 3 N–H and O–H groups in total. The first kappa shape index (κ1) is 16.9. The zero-order valence-electron chi connectivity index (χ0n) is 14.0. The first-order valence-electron chi connectivity index (χ1n) is 8.44. The summed E-state index contributed by atoms with van der Waals surface area (Å²) in [4.78, 5) is 16.4. The average Bonchev–Trinajstić information content (AvgIpc) is 2.68. The number of benzene rings is 1. The molecule has 1 heterocycles. The molecule has 128 valence electrons. The van der Waals surface area contributed by atoms with Crippen molar-refractivity contribution in [1.82, 2.24) is 21.2 Å². The van der Waals surface area contributed by atoms with Crippen LogP contribution in [-0.2, 0) is 13.1 Å². The number of hydrogen-bond acceptors (Lipinski definition) is 4. The van der Waals surface area contributed by atoms with Crippen LogP contribution in [0.2, 0.25) is 0 Å². The van der Waals surface area contributed by atoms with Gasteiger partial charge in [0, 0.05) is 24.0 Å². The molecule has 1 aromatic carbocycles. The van der Waals surface area contributed by atoms with Gasteiger partial charge in [0.25, 0.3) is 5.91 Å². The van der Waals surface area contributed by atoms with Gasteiger partial charge in [0.05, 0.1) is 12.2 Å². The van der Waals surface area contributed by atoms with Crippen molar-refractivity contribution >= 4 is 5.91 Å². The second kappa shape index (κ2) is 8.80. The van der Waals surface area contributed by atoms with Crippen LogP contribution in [0.1, 0.15) is 34.5 Å². The minimum absolute atomic E-state index is 0.0965. The molecule has 0 fully saturated rings. The van der Waals surface area contributed by atoms with Crippen molar-refractivity contribution < 1.29 is 4.79 Å². The number of nitrogens with zero attached hydrogens (tertiary/aromatic N) is 1. The molecule has 0 saturated heterocycles. The van der Waals surface area contributed by atoms with E-state index in [1.807, 2.05) is 42.5 Å². The third kappa shape index (κ3) is 5.29. The van der Waals surface area contributed by atoms with Gasteiger partial charge in [-0.15, -0.1) is 0 Å². The molecule has 0 atom stereocenters. The van der Waals surface area contributed by atoms with Crippen LogP contribution in [-0.4, -0.2) is 10.9 Å². The minimum Gasteiger partial charge on any atom is -0.346 e. The second-order valence-corrected chi connectivity index (χ2v) is 5.82. The summed E-state index contributed by atoms with van der Waals surface area (Å²) in [6.07, 6.45) is 10.3. The SMILES string of the molecule is O=C(NCc1ccccn1)c1ccc(CNNC2=CCCC=C2)cc1. The van der Waals surface area contributed by atoms with E-state index in [0.29, 0.717) is 18.7 Å². The van der Waals surface area contributed by atoms with Gasteiger partial charge in [-0.2, -0.15) is 0 Å². The lowest BCUT2D eigenvalue weighted by atomic mass is 10.1. The standard InChI is InChI=1S/C20H22N4O/c25-20(22-15-19-8-4-5-13-21-19)17-11-9-16(10-12-17)14-23-24-18-6-2-1-3-7-18/h2,4-13,23-24H,1,3,14-15H2,(H,22,25). The Hall–Kier alpha value is -2.92. The molecule has 1 aliphatic rings. The number of aromatic nitrogens is 1. The maximum Gasteiger partial charge on any atom is 0.251 e. The molecule has 0 bridgehead atoms. The minimum atomic E-state index is -0.0965. The summed E-state index contributed by atoms with van der Waals surface area (Å²) in [5, 5.41) is 2.88. The van der Waals surface area contributed by atoms with Crippen LogP contribution in [0.25, 0.3) is 0 Å². The summed E-state index contributed by atoms with van der Waals surface area (Å²) >= 11 is 0. The smallest absolute Gasteiger partial charge is 0.251 e. The van der Waals surface area contributed by atoms with Gasteiger partial charge in [0.1, 0.15) is 0 Å². The molecule has 0 saturated carbocycles. The highest BCUT2D eigenvalue weighted by Crippen LogP contribution is 2.07. The Balaban J connectivity index is 1.45. The summed E-state index contributed by atoms with van der Waals surface area (Å²) in [7, 11) is 0. The van der Waals surface area contributed by atoms with Crippen LogP contribution < -0.4 is 16.2 Å². The Kier molecular flexibility index (Phi) is 5.96. The number of hydrogen-bond donors (Lipinski definition) is 3. The van der Waals surface area contributed by atoms with E-state index in [0.717, 1.165) is 29.8 Å². The predicted octanol–water partition coefficient (Wildman–Crippen LogP) is 2.84. The number of nitrogens with one attached hydrogen (secondary N) is 3. The van der Waals surface area contributed by atoms with Gasteiger partial charge in [0.15, 0.2) is 0 Å². The van der Waals surface area contributed by atoms with Crippen LogP contribution in [0.15, 0.2) is 72.6 Å². The van der Waals surface area contributed by atoms with Gasteiger partial charge in [0.2, 0.25) is 0 Å². The Bertz CT molecular complexity index is 751.